The van der Waals surface area contributed by atoms with Crippen LogP contribution in [0.1, 0.15) is 21.9 Å². The molecule has 1 N–H and O–H groups in total. The van der Waals surface area contributed by atoms with Crippen molar-refractivity contribution >= 4 is 5.91 Å². The van der Waals surface area contributed by atoms with Crippen molar-refractivity contribution in [2.75, 3.05) is 5.43 Å². The average molecular weight is 215 g/mol. The van der Waals surface area contributed by atoms with E-state index in [0.29, 0.717) is 5.69 Å². The highest BCUT2D eigenvalue weighted by Gasteiger charge is 2.08. The molecule has 4 heteroatoms. The highest BCUT2D eigenvalue weighted by molar-refractivity contribution is 5.98. The van der Waals surface area contributed by atoms with Gasteiger partial charge in [-0.1, -0.05) is 6.07 Å². The van der Waals surface area contributed by atoms with Gasteiger partial charge >= 0.3 is 0 Å². The Bertz CT molecular complexity index is 483. The van der Waals surface area contributed by atoms with E-state index < -0.39 is 0 Å². The first-order valence-electron chi connectivity index (χ1n) is 5.06. The fourth-order valence-corrected chi connectivity index (χ4v) is 1.50. The number of hydrogen-bond donors (Lipinski definition) is 1. The van der Waals surface area contributed by atoms with Crippen LogP contribution in [0.3, 0.4) is 0 Å². The maximum Gasteiger partial charge on any atom is 0.288 e. The van der Waals surface area contributed by atoms with Crippen LogP contribution in [-0.2, 0) is 0 Å². The molecule has 2 rings (SSSR count). The van der Waals surface area contributed by atoms with Gasteiger partial charge in [0.15, 0.2) is 0 Å². The Morgan fingerprint density at radius 1 is 1.19 bits per heavy atom. The molecule has 16 heavy (non-hydrogen) atoms. The van der Waals surface area contributed by atoms with Crippen molar-refractivity contribution in [2.45, 2.75) is 13.8 Å². The van der Waals surface area contributed by atoms with Crippen molar-refractivity contribution in [3.05, 3.63) is 53.6 Å². The van der Waals surface area contributed by atoms with E-state index in [1.54, 1.807) is 29.1 Å². The molecule has 4 nitrogen and oxygen atoms in total. The van der Waals surface area contributed by atoms with Gasteiger partial charge < -0.3 is 0 Å². The number of hydrogen-bond acceptors (Lipinski definition) is 2. The molecule has 0 bridgehead atoms. The second-order valence-electron chi connectivity index (χ2n) is 3.61. The molecule has 1 amide bonds. The second-order valence-corrected chi connectivity index (χ2v) is 3.61. The van der Waals surface area contributed by atoms with Gasteiger partial charge in [0.25, 0.3) is 5.91 Å². The van der Waals surface area contributed by atoms with Crippen LogP contribution in [0.5, 0.6) is 0 Å². The smallest absolute Gasteiger partial charge is 0.266 e. The molecule has 2 aromatic rings. The van der Waals surface area contributed by atoms with Crippen LogP contribution in [0.4, 0.5) is 0 Å². The molecule has 0 unspecified atom stereocenters. The molecule has 0 fully saturated rings. The largest absolute Gasteiger partial charge is 0.288 e. The monoisotopic (exact) mass is 215 g/mol. The lowest BCUT2D eigenvalue weighted by Crippen LogP contribution is -2.25. The predicted molar refractivity (Wildman–Crippen MR) is 61.8 cm³/mol. The van der Waals surface area contributed by atoms with Gasteiger partial charge in [0.2, 0.25) is 0 Å². The lowest BCUT2D eigenvalue weighted by molar-refractivity contribution is 0.100. The number of rotatable bonds is 2. The second kappa shape index (κ2) is 4.18. The fraction of sp³-hybridized carbons (Fsp3) is 0.167. The van der Waals surface area contributed by atoms with Gasteiger partial charge in [0.1, 0.15) is 5.69 Å². The van der Waals surface area contributed by atoms with E-state index in [-0.39, 0.29) is 5.91 Å². The molecular weight excluding hydrogens is 202 g/mol. The summed E-state index contributed by atoms with van der Waals surface area (Å²) in [5.74, 6) is -0.206. The van der Waals surface area contributed by atoms with E-state index in [1.165, 1.54) is 0 Å². The quantitative estimate of drug-likeness (QED) is 0.831. The van der Waals surface area contributed by atoms with Gasteiger partial charge in [0, 0.05) is 17.6 Å². The third kappa shape index (κ3) is 1.95. The third-order valence-electron chi connectivity index (χ3n) is 2.38. The summed E-state index contributed by atoms with van der Waals surface area (Å²) in [7, 11) is 0. The summed E-state index contributed by atoms with van der Waals surface area (Å²) in [6.45, 7) is 3.87. The minimum absolute atomic E-state index is 0.206. The van der Waals surface area contributed by atoms with E-state index >= 15 is 0 Å². The predicted octanol–water partition coefficient (Wildman–Crippen LogP) is 1.88. The number of aryl methyl sites for hydroxylation is 2. The van der Waals surface area contributed by atoms with E-state index in [1.807, 2.05) is 26.0 Å². The minimum Gasteiger partial charge on any atom is -0.266 e. The van der Waals surface area contributed by atoms with Crippen LogP contribution >= 0.6 is 0 Å². The summed E-state index contributed by atoms with van der Waals surface area (Å²) in [6, 6.07) is 9.16. The van der Waals surface area contributed by atoms with Gasteiger partial charge in [-0.25, -0.2) is 0 Å². The number of nitrogens with one attached hydrogen (secondary N) is 1. The van der Waals surface area contributed by atoms with Crippen LogP contribution in [-0.4, -0.2) is 15.6 Å². The summed E-state index contributed by atoms with van der Waals surface area (Å²) < 4.78 is 1.75. The molecule has 82 valence electrons. The Kier molecular flexibility index (Phi) is 2.72. The Balaban J connectivity index is 2.21. The molecule has 0 atom stereocenters. The summed E-state index contributed by atoms with van der Waals surface area (Å²) in [6.07, 6.45) is 1.60. The summed E-state index contributed by atoms with van der Waals surface area (Å²) in [4.78, 5) is 15.8. The van der Waals surface area contributed by atoms with Crippen molar-refractivity contribution in [1.29, 1.82) is 0 Å². The van der Waals surface area contributed by atoms with Crippen LogP contribution in [0, 0.1) is 13.8 Å². The zero-order valence-electron chi connectivity index (χ0n) is 9.27. The summed E-state index contributed by atoms with van der Waals surface area (Å²) >= 11 is 0. The Morgan fingerprint density at radius 3 is 2.44 bits per heavy atom. The number of amides is 1. The number of aromatic nitrogens is 2. The maximum absolute atomic E-state index is 11.8. The summed E-state index contributed by atoms with van der Waals surface area (Å²) in [5.41, 5.74) is 5.18. The van der Waals surface area contributed by atoms with Crippen molar-refractivity contribution in [2.24, 2.45) is 0 Å². The molecule has 0 aliphatic carbocycles. The molecule has 2 heterocycles. The molecule has 0 aliphatic rings. The topological polar surface area (TPSA) is 46.9 Å². The molecule has 0 saturated heterocycles. The molecule has 0 spiro atoms. The van der Waals surface area contributed by atoms with E-state index in [9.17, 15) is 4.79 Å². The van der Waals surface area contributed by atoms with Gasteiger partial charge in [-0.05, 0) is 38.1 Å². The number of pyridine rings is 1. The van der Waals surface area contributed by atoms with E-state index in [4.69, 9.17) is 0 Å². The first-order valence-corrected chi connectivity index (χ1v) is 5.06. The van der Waals surface area contributed by atoms with Crippen LogP contribution in [0.2, 0.25) is 0 Å². The van der Waals surface area contributed by atoms with Gasteiger partial charge in [-0.15, -0.1) is 0 Å². The van der Waals surface area contributed by atoms with Crippen LogP contribution in [0.25, 0.3) is 0 Å². The Labute approximate surface area is 93.9 Å². The van der Waals surface area contributed by atoms with Gasteiger partial charge in [-0.3, -0.25) is 19.9 Å². The number of nitrogens with zero attached hydrogens (tertiary/aromatic N) is 2. The average Bonchev–Trinajstić information content (AvgIpc) is 2.62. The van der Waals surface area contributed by atoms with Crippen molar-refractivity contribution in [3.63, 3.8) is 0 Å². The molecular formula is C12H13N3O. The van der Waals surface area contributed by atoms with Crippen LogP contribution < -0.4 is 5.43 Å². The van der Waals surface area contributed by atoms with E-state index in [2.05, 4.69) is 10.4 Å². The lowest BCUT2D eigenvalue weighted by Gasteiger charge is -2.10. The SMILES string of the molecule is Cc1ccc(C)n1NC(=O)c1ccccn1. The molecule has 0 aromatic carbocycles. The lowest BCUT2D eigenvalue weighted by atomic mass is 10.3. The van der Waals surface area contributed by atoms with Crippen LogP contribution in [0.15, 0.2) is 36.5 Å². The van der Waals surface area contributed by atoms with Crippen molar-refractivity contribution in [3.8, 4) is 0 Å². The standard InChI is InChI=1S/C12H13N3O/c1-9-6-7-10(2)15(9)14-12(16)11-5-3-4-8-13-11/h3-8H,1-2H3,(H,14,16). The van der Waals surface area contributed by atoms with Gasteiger partial charge in [0.05, 0.1) is 0 Å². The van der Waals surface area contributed by atoms with Crippen molar-refractivity contribution in [1.82, 2.24) is 9.66 Å². The van der Waals surface area contributed by atoms with Gasteiger partial charge in [-0.2, -0.15) is 0 Å². The zero-order valence-corrected chi connectivity index (χ0v) is 9.27. The van der Waals surface area contributed by atoms with Crippen molar-refractivity contribution < 1.29 is 4.79 Å². The number of carbonyl (C=O) groups excluding carboxylic acids is 1. The molecule has 0 aliphatic heterocycles. The Hall–Kier alpha value is -2.10. The minimum atomic E-state index is -0.206. The highest BCUT2D eigenvalue weighted by Crippen LogP contribution is 2.05. The fourth-order valence-electron chi connectivity index (χ4n) is 1.50. The first kappa shape index (κ1) is 10.4. The normalized spacial score (nSPS) is 10.1. The highest BCUT2D eigenvalue weighted by atomic mass is 16.2. The number of carbonyl (C=O) groups is 1. The maximum atomic E-state index is 11.8. The first-order chi connectivity index (χ1) is 7.68. The molecule has 0 saturated carbocycles. The molecule has 0 radical (unpaired) electrons. The van der Waals surface area contributed by atoms with E-state index in [0.717, 1.165) is 11.4 Å². The zero-order chi connectivity index (χ0) is 11.5. The third-order valence-corrected chi connectivity index (χ3v) is 2.38. The molecule has 2 aromatic heterocycles. The summed E-state index contributed by atoms with van der Waals surface area (Å²) in [5, 5.41) is 0. The Morgan fingerprint density at radius 2 is 1.88 bits per heavy atom.